The summed E-state index contributed by atoms with van der Waals surface area (Å²) >= 11 is 0. The van der Waals surface area contributed by atoms with E-state index < -0.39 is 6.10 Å². The third-order valence-corrected chi connectivity index (χ3v) is 13.9. The molecule has 0 bridgehead atoms. The lowest BCUT2D eigenvalue weighted by Gasteiger charge is -2.18. The molecule has 0 amide bonds. The highest BCUT2D eigenvalue weighted by Crippen LogP contribution is 2.16. The Balaban J connectivity index is 4.20. The van der Waals surface area contributed by atoms with E-state index in [0.717, 1.165) is 116 Å². The van der Waals surface area contributed by atoms with Crippen molar-refractivity contribution in [1.29, 1.82) is 0 Å². The molecule has 1 unspecified atom stereocenters. The van der Waals surface area contributed by atoms with Crippen molar-refractivity contribution in [2.45, 2.75) is 316 Å². The first-order valence-corrected chi connectivity index (χ1v) is 32.2. The van der Waals surface area contributed by atoms with Gasteiger partial charge in [-0.25, -0.2) is 0 Å². The molecule has 0 fully saturated rings. The van der Waals surface area contributed by atoms with Crippen LogP contribution < -0.4 is 0 Å². The highest BCUT2D eigenvalue weighted by molar-refractivity contribution is 5.71. The molecule has 0 aliphatic carbocycles. The van der Waals surface area contributed by atoms with Crippen molar-refractivity contribution in [2.24, 2.45) is 0 Å². The minimum absolute atomic E-state index is 0.0748. The fraction of sp³-hybridized carbons (Fsp3) is 0.729. The van der Waals surface area contributed by atoms with Crippen molar-refractivity contribution >= 4 is 17.9 Å². The molecule has 0 aromatic heterocycles. The first kappa shape index (κ1) is 72.3. The second-order valence-corrected chi connectivity index (χ2v) is 21.3. The van der Waals surface area contributed by atoms with Crippen LogP contribution in [0.1, 0.15) is 310 Å². The summed E-state index contributed by atoms with van der Waals surface area (Å²) in [5.74, 6) is -0.873. The van der Waals surface area contributed by atoms with Gasteiger partial charge in [0.2, 0.25) is 0 Å². The smallest absolute Gasteiger partial charge is 0.306 e. The molecule has 0 aliphatic rings. The zero-order valence-electron chi connectivity index (χ0n) is 50.0. The monoisotopic (exact) mass is 1060 g/mol. The first-order valence-electron chi connectivity index (χ1n) is 32.2. The minimum Gasteiger partial charge on any atom is -0.462 e. The highest BCUT2D eigenvalue weighted by Gasteiger charge is 2.19. The van der Waals surface area contributed by atoms with Crippen LogP contribution >= 0.6 is 0 Å². The summed E-state index contributed by atoms with van der Waals surface area (Å²) < 4.78 is 16.9. The molecule has 0 spiro atoms. The largest absolute Gasteiger partial charge is 0.462 e. The molecule has 0 radical (unpaired) electrons. The number of unbranched alkanes of at least 4 members (excludes halogenated alkanes) is 31. The topological polar surface area (TPSA) is 78.9 Å². The van der Waals surface area contributed by atoms with Gasteiger partial charge >= 0.3 is 17.9 Å². The Morgan fingerprint density at radius 3 is 0.803 bits per heavy atom. The first-order chi connectivity index (χ1) is 37.5. The lowest BCUT2D eigenvalue weighted by atomic mass is 10.0. The Hall–Kier alpha value is -3.67. The molecule has 0 aromatic carbocycles. The van der Waals surface area contributed by atoms with Crippen LogP contribution in [0.5, 0.6) is 0 Å². The van der Waals surface area contributed by atoms with Gasteiger partial charge in [0.05, 0.1) is 0 Å². The van der Waals surface area contributed by atoms with Crippen LogP contribution in [0.15, 0.2) is 97.2 Å². The summed E-state index contributed by atoms with van der Waals surface area (Å²) in [6.45, 7) is 6.54. The van der Waals surface area contributed by atoms with Crippen LogP contribution in [-0.4, -0.2) is 37.2 Å². The van der Waals surface area contributed by atoms with Gasteiger partial charge in [0.1, 0.15) is 13.2 Å². The quantitative estimate of drug-likeness (QED) is 0.0261. The normalized spacial score (nSPS) is 12.7. The number of carbonyl (C=O) groups is 3. The fourth-order valence-electron chi connectivity index (χ4n) is 9.05. The number of rotatable bonds is 58. The molecular weight excluding hydrogens is 937 g/mol. The summed E-state index contributed by atoms with van der Waals surface area (Å²) in [6.07, 6.45) is 85.6. The number of hydrogen-bond donors (Lipinski definition) is 0. The summed E-state index contributed by atoms with van der Waals surface area (Å²) in [5, 5.41) is 0. The van der Waals surface area contributed by atoms with Crippen LogP contribution in [0.25, 0.3) is 0 Å². The maximum atomic E-state index is 12.9. The lowest BCUT2D eigenvalue weighted by Crippen LogP contribution is -2.30. The van der Waals surface area contributed by atoms with Crippen molar-refractivity contribution in [3.05, 3.63) is 97.2 Å². The van der Waals surface area contributed by atoms with Crippen LogP contribution in [-0.2, 0) is 28.6 Å². The van der Waals surface area contributed by atoms with E-state index in [1.165, 1.54) is 154 Å². The molecule has 1 atom stereocenters. The van der Waals surface area contributed by atoms with Crippen LogP contribution in [0.3, 0.4) is 0 Å². The summed E-state index contributed by atoms with van der Waals surface area (Å²) in [6, 6.07) is 0. The van der Waals surface area contributed by atoms with Crippen LogP contribution in [0, 0.1) is 0 Å². The van der Waals surface area contributed by atoms with Gasteiger partial charge in [0.25, 0.3) is 0 Å². The van der Waals surface area contributed by atoms with E-state index in [4.69, 9.17) is 14.2 Å². The molecular formula is C70H120O6. The van der Waals surface area contributed by atoms with Gasteiger partial charge < -0.3 is 14.2 Å². The summed E-state index contributed by atoms with van der Waals surface area (Å²) in [4.78, 5) is 38.2. The minimum atomic E-state index is -0.777. The molecule has 6 heteroatoms. The highest BCUT2D eigenvalue weighted by atomic mass is 16.6. The molecule has 6 nitrogen and oxygen atoms in total. The Labute approximate surface area is 470 Å². The van der Waals surface area contributed by atoms with Gasteiger partial charge in [-0.2, -0.15) is 0 Å². The molecule has 0 aliphatic heterocycles. The van der Waals surface area contributed by atoms with E-state index in [1.807, 2.05) is 0 Å². The maximum Gasteiger partial charge on any atom is 0.306 e. The molecule has 0 rings (SSSR count). The molecule has 0 saturated carbocycles. The Morgan fingerprint density at radius 1 is 0.276 bits per heavy atom. The lowest BCUT2D eigenvalue weighted by molar-refractivity contribution is -0.167. The summed E-state index contributed by atoms with van der Waals surface area (Å²) in [5.41, 5.74) is 0. The van der Waals surface area contributed by atoms with Crippen molar-refractivity contribution in [3.63, 3.8) is 0 Å². The van der Waals surface area contributed by atoms with E-state index in [2.05, 4.69) is 118 Å². The fourth-order valence-corrected chi connectivity index (χ4v) is 9.05. The van der Waals surface area contributed by atoms with Crippen molar-refractivity contribution in [2.75, 3.05) is 13.2 Å². The molecule has 0 N–H and O–H groups in total. The zero-order chi connectivity index (χ0) is 55.0. The average molecular weight is 1060 g/mol. The van der Waals surface area contributed by atoms with Crippen molar-refractivity contribution < 1.29 is 28.6 Å². The van der Waals surface area contributed by atoms with E-state index in [1.54, 1.807) is 0 Å². The Kier molecular flexibility index (Phi) is 60.8. The van der Waals surface area contributed by atoms with E-state index in [0.29, 0.717) is 19.3 Å². The van der Waals surface area contributed by atoms with Gasteiger partial charge in [-0.1, -0.05) is 304 Å². The Bertz CT molecular complexity index is 1490. The molecule has 0 saturated heterocycles. The van der Waals surface area contributed by atoms with E-state index in [-0.39, 0.29) is 31.1 Å². The second-order valence-electron chi connectivity index (χ2n) is 21.3. The number of hydrogen-bond acceptors (Lipinski definition) is 6. The Morgan fingerprint density at radius 2 is 0.513 bits per heavy atom. The zero-order valence-corrected chi connectivity index (χ0v) is 50.0. The molecule has 436 valence electrons. The number of carbonyl (C=O) groups excluding carboxylic acids is 3. The number of allylic oxidation sites excluding steroid dienone is 16. The molecule has 0 aromatic rings. The van der Waals surface area contributed by atoms with Crippen molar-refractivity contribution in [1.82, 2.24) is 0 Å². The molecule has 0 heterocycles. The van der Waals surface area contributed by atoms with Crippen molar-refractivity contribution in [3.8, 4) is 0 Å². The van der Waals surface area contributed by atoms with Crippen LogP contribution in [0.2, 0.25) is 0 Å². The predicted octanol–water partition coefficient (Wildman–Crippen LogP) is 22.0. The second kappa shape index (κ2) is 63.9. The average Bonchev–Trinajstić information content (AvgIpc) is 3.42. The SMILES string of the molecule is CC/C=C\C/C=C\C/C=C\C/C=C\C/C=C\C/C=C\C/C=C\C/C=C\CCCCCCCCCCC(=O)OCC(COC(=O)CCCCCCCCCCCCC)OC(=O)CCCCCCCCCCCCCCCC. The van der Waals surface area contributed by atoms with E-state index >= 15 is 0 Å². The standard InChI is InChI=1S/C70H120O6/c1-4-7-10-13-16-19-22-24-26-27-28-29-30-31-32-33-34-35-36-37-38-39-40-41-42-43-44-46-48-51-54-57-60-63-69(72)75-66-67(65-74-68(71)62-59-56-53-50-47-21-18-15-12-9-6-3)76-70(73)64-61-58-55-52-49-45-25-23-20-17-14-11-8-5-2/h7,10,16,19,24,26,28-29,31-32,34-35,37-38,40-41,67H,4-6,8-9,11-15,17-18,20-23,25,27,30,33,36,39,42-66H2,1-3H3/b10-7-,19-16-,26-24-,29-28-,32-31-,35-34-,38-37-,41-40-. The van der Waals surface area contributed by atoms with Gasteiger partial charge in [0, 0.05) is 19.3 Å². The number of ether oxygens (including phenoxy) is 3. The number of esters is 3. The predicted molar refractivity (Wildman–Crippen MR) is 330 cm³/mol. The third-order valence-electron chi connectivity index (χ3n) is 13.9. The van der Waals surface area contributed by atoms with Gasteiger partial charge in [-0.3, -0.25) is 14.4 Å². The third kappa shape index (κ3) is 61.2. The van der Waals surface area contributed by atoms with Gasteiger partial charge in [-0.05, 0) is 83.5 Å². The van der Waals surface area contributed by atoms with Crippen LogP contribution in [0.4, 0.5) is 0 Å². The molecule has 76 heavy (non-hydrogen) atoms. The summed E-state index contributed by atoms with van der Waals surface area (Å²) in [7, 11) is 0. The van der Waals surface area contributed by atoms with Gasteiger partial charge in [-0.15, -0.1) is 0 Å². The van der Waals surface area contributed by atoms with Gasteiger partial charge in [0.15, 0.2) is 6.10 Å². The maximum absolute atomic E-state index is 12.9. The van der Waals surface area contributed by atoms with E-state index in [9.17, 15) is 14.4 Å².